The molecule has 19 heavy (non-hydrogen) atoms. The Hall–Kier alpha value is -1.78. The third kappa shape index (κ3) is 2.80. The molecule has 0 radical (unpaired) electrons. The first-order valence-corrected chi connectivity index (χ1v) is 6.44. The molecule has 2 rings (SSSR count). The van der Waals surface area contributed by atoms with Crippen LogP contribution in [0.15, 0.2) is 12.3 Å². The van der Waals surface area contributed by atoms with Crippen molar-refractivity contribution in [2.75, 3.05) is 12.8 Å². The van der Waals surface area contributed by atoms with Gasteiger partial charge in [-0.3, -0.25) is 0 Å². The van der Waals surface area contributed by atoms with E-state index < -0.39 is 5.97 Å². The smallest absolute Gasteiger partial charge is 0.339 e. The van der Waals surface area contributed by atoms with Gasteiger partial charge >= 0.3 is 5.97 Å². The van der Waals surface area contributed by atoms with Crippen molar-refractivity contribution in [2.24, 2.45) is 5.41 Å². The average molecular weight is 264 g/mol. The van der Waals surface area contributed by atoms with E-state index in [9.17, 15) is 4.79 Å². The van der Waals surface area contributed by atoms with Crippen LogP contribution in [-0.2, 0) is 4.74 Å². The number of carbonyl (C=O) groups excluding carboxylic acids is 1. The Labute approximate surface area is 113 Å². The fourth-order valence-corrected chi connectivity index (χ4v) is 2.45. The van der Waals surface area contributed by atoms with Crippen molar-refractivity contribution in [1.82, 2.24) is 4.98 Å². The minimum atomic E-state index is -0.442. The third-order valence-electron chi connectivity index (χ3n) is 3.73. The van der Waals surface area contributed by atoms with Crippen LogP contribution >= 0.6 is 0 Å². The molecule has 0 saturated heterocycles. The van der Waals surface area contributed by atoms with Crippen molar-refractivity contribution >= 4 is 11.8 Å². The van der Waals surface area contributed by atoms with Crippen LogP contribution in [0.2, 0.25) is 0 Å². The first-order chi connectivity index (χ1) is 8.94. The van der Waals surface area contributed by atoms with Gasteiger partial charge in [0, 0.05) is 17.7 Å². The molecule has 0 unspecified atom stereocenters. The average Bonchev–Trinajstić information content (AvgIpc) is 2.70. The number of rotatable bonds is 3. The second-order valence-electron chi connectivity index (χ2n) is 5.59. The summed E-state index contributed by atoms with van der Waals surface area (Å²) in [5, 5.41) is 0. The molecule has 1 saturated carbocycles. The summed E-state index contributed by atoms with van der Waals surface area (Å²) in [5.41, 5.74) is 6.28. The summed E-state index contributed by atoms with van der Waals surface area (Å²) in [4.78, 5) is 15.5. The third-order valence-corrected chi connectivity index (χ3v) is 3.73. The molecule has 1 fully saturated rings. The number of ether oxygens (including phenoxy) is 2. The molecule has 2 N–H and O–H groups in total. The Morgan fingerprint density at radius 3 is 2.84 bits per heavy atom. The number of aromatic nitrogens is 1. The summed E-state index contributed by atoms with van der Waals surface area (Å²) in [6.45, 7) is 4.36. The van der Waals surface area contributed by atoms with Crippen molar-refractivity contribution < 1.29 is 14.3 Å². The molecular formula is C14H20N2O3. The highest BCUT2D eigenvalue weighted by Crippen LogP contribution is 2.40. The highest BCUT2D eigenvalue weighted by Gasteiger charge is 2.36. The van der Waals surface area contributed by atoms with Gasteiger partial charge in [0.15, 0.2) is 11.6 Å². The summed E-state index contributed by atoms with van der Waals surface area (Å²) in [7, 11) is 1.33. The van der Waals surface area contributed by atoms with Crippen LogP contribution in [0.25, 0.3) is 0 Å². The van der Waals surface area contributed by atoms with Crippen LogP contribution < -0.4 is 10.5 Å². The number of nitrogen functional groups attached to an aromatic ring is 1. The van der Waals surface area contributed by atoms with Gasteiger partial charge in [0.1, 0.15) is 6.10 Å². The first kappa shape index (κ1) is 13.6. The number of hydrogen-bond acceptors (Lipinski definition) is 5. The Kier molecular flexibility index (Phi) is 3.64. The minimum absolute atomic E-state index is 0.101. The van der Waals surface area contributed by atoms with Crippen molar-refractivity contribution in [3.05, 3.63) is 17.8 Å². The van der Waals surface area contributed by atoms with Crippen LogP contribution in [0, 0.1) is 5.41 Å². The first-order valence-electron chi connectivity index (χ1n) is 6.44. The molecule has 1 aromatic rings. The Morgan fingerprint density at radius 1 is 1.53 bits per heavy atom. The minimum Gasteiger partial charge on any atom is -0.486 e. The highest BCUT2D eigenvalue weighted by molar-refractivity contribution is 5.89. The molecule has 1 atom stereocenters. The van der Waals surface area contributed by atoms with E-state index in [4.69, 9.17) is 10.5 Å². The number of nitrogens with two attached hydrogens (primary N) is 1. The molecule has 1 aliphatic carbocycles. The predicted octanol–water partition coefficient (Wildman–Crippen LogP) is 2.41. The van der Waals surface area contributed by atoms with E-state index in [0.717, 1.165) is 19.3 Å². The quantitative estimate of drug-likeness (QED) is 0.848. The molecule has 5 heteroatoms. The lowest BCUT2D eigenvalue weighted by molar-refractivity contribution is 0.0598. The number of hydrogen-bond donors (Lipinski definition) is 1. The molecule has 0 aromatic carbocycles. The zero-order valence-electron chi connectivity index (χ0n) is 11.6. The Bertz CT molecular complexity index is 486. The summed E-state index contributed by atoms with van der Waals surface area (Å²) in [5.74, 6) is 0.321. The summed E-state index contributed by atoms with van der Waals surface area (Å²) in [6.07, 6.45) is 4.76. The van der Waals surface area contributed by atoms with Crippen molar-refractivity contribution in [1.29, 1.82) is 0 Å². The Balaban J connectivity index is 2.22. The zero-order chi connectivity index (χ0) is 14.0. The number of methoxy groups -OCH3 is 1. The lowest BCUT2D eigenvalue weighted by Gasteiger charge is -2.28. The maximum Gasteiger partial charge on any atom is 0.339 e. The van der Waals surface area contributed by atoms with Gasteiger partial charge in [-0.2, -0.15) is 0 Å². The summed E-state index contributed by atoms with van der Waals surface area (Å²) < 4.78 is 10.6. The molecule has 1 aliphatic rings. The largest absolute Gasteiger partial charge is 0.486 e. The summed E-state index contributed by atoms with van der Waals surface area (Å²) >= 11 is 0. The van der Waals surface area contributed by atoms with Crippen molar-refractivity contribution in [2.45, 2.75) is 39.2 Å². The van der Waals surface area contributed by atoms with E-state index in [1.54, 1.807) is 6.07 Å². The van der Waals surface area contributed by atoms with Crippen molar-refractivity contribution in [3.63, 3.8) is 0 Å². The Morgan fingerprint density at radius 2 is 2.26 bits per heavy atom. The maximum absolute atomic E-state index is 11.5. The normalized spacial score (nSPS) is 21.1. The SMILES string of the molecule is COC(=O)c1cnc(N)c(O[C@H]2CCCC2(C)C)c1. The van der Waals surface area contributed by atoms with Crippen LogP contribution in [0.4, 0.5) is 5.82 Å². The zero-order valence-corrected chi connectivity index (χ0v) is 11.6. The van der Waals surface area contributed by atoms with E-state index in [1.165, 1.54) is 13.3 Å². The number of nitrogens with zero attached hydrogens (tertiary/aromatic N) is 1. The molecule has 104 valence electrons. The van der Waals surface area contributed by atoms with Gasteiger partial charge in [-0.15, -0.1) is 0 Å². The van der Waals surface area contributed by atoms with Crippen LogP contribution in [0.1, 0.15) is 43.5 Å². The number of pyridine rings is 1. The molecule has 0 spiro atoms. The second-order valence-corrected chi connectivity index (χ2v) is 5.59. The van der Waals surface area contributed by atoms with Crippen LogP contribution in [0.5, 0.6) is 5.75 Å². The number of anilines is 1. The van der Waals surface area contributed by atoms with Gasteiger partial charge in [-0.05, 0) is 19.3 Å². The van der Waals surface area contributed by atoms with Gasteiger partial charge in [0.2, 0.25) is 0 Å². The molecular weight excluding hydrogens is 244 g/mol. The molecule has 0 amide bonds. The van der Waals surface area contributed by atoms with Crippen LogP contribution in [-0.4, -0.2) is 24.2 Å². The van der Waals surface area contributed by atoms with E-state index in [0.29, 0.717) is 17.1 Å². The fraction of sp³-hybridized carbons (Fsp3) is 0.571. The standard InChI is InChI=1S/C14H20N2O3/c1-14(2)6-4-5-11(14)19-10-7-9(13(17)18-3)8-16-12(10)15/h7-8,11H,4-6H2,1-3H3,(H2,15,16)/t11-/m0/s1. The van der Waals surface area contributed by atoms with E-state index >= 15 is 0 Å². The topological polar surface area (TPSA) is 74.4 Å². The number of esters is 1. The van der Waals surface area contributed by atoms with Crippen molar-refractivity contribution in [3.8, 4) is 5.75 Å². The van der Waals surface area contributed by atoms with Gasteiger partial charge < -0.3 is 15.2 Å². The summed E-state index contributed by atoms with van der Waals surface area (Å²) in [6, 6.07) is 1.60. The highest BCUT2D eigenvalue weighted by atomic mass is 16.5. The monoisotopic (exact) mass is 264 g/mol. The molecule has 0 bridgehead atoms. The lowest BCUT2D eigenvalue weighted by atomic mass is 9.89. The predicted molar refractivity (Wildman–Crippen MR) is 72.0 cm³/mol. The second kappa shape index (κ2) is 5.07. The fourth-order valence-electron chi connectivity index (χ4n) is 2.45. The molecule has 0 aliphatic heterocycles. The van der Waals surface area contributed by atoms with E-state index in [-0.39, 0.29) is 11.5 Å². The maximum atomic E-state index is 11.5. The van der Waals surface area contributed by atoms with Crippen LogP contribution in [0.3, 0.4) is 0 Å². The van der Waals surface area contributed by atoms with Gasteiger partial charge in [-0.1, -0.05) is 13.8 Å². The van der Waals surface area contributed by atoms with E-state index in [1.807, 2.05) is 0 Å². The number of carbonyl (C=O) groups is 1. The molecule has 5 nitrogen and oxygen atoms in total. The molecule has 1 aromatic heterocycles. The molecule has 1 heterocycles. The lowest BCUT2D eigenvalue weighted by Crippen LogP contribution is -2.29. The van der Waals surface area contributed by atoms with Gasteiger partial charge in [0.25, 0.3) is 0 Å². The van der Waals surface area contributed by atoms with Gasteiger partial charge in [0.05, 0.1) is 12.7 Å². The van der Waals surface area contributed by atoms with E-state index in [2.05, 4.69) is 23.6 Å². The van der Waals surface area contributed by atoms with Gasteiger partial charge in [-0.25, -0.2) is 9.78 Å².